The molecule has 2 rings (SSSR count). The Morgan fingerprint density at radius 3 is 2.52 bits per heavy atom. The Morgan fingerprint density at radius 2 is 1.93 bits per heavy atom. The maximum Gasteiger partial charge on any atom is 0.193 e. The van der Waals surface area contributed by atoms with Crippen molar-refractivity contribution in [3.05, 3.63) is 29.8 Å². The van der Waals surface area contributed by atoms with E-state index in [0.29, 0.717) is 13.2 Å². The summed E-state index contributed by atoms with van der Waals surface area (Å²) in [5.41, 5.74) is 2.55. The highest BCUT2D eigenvalue weighted by atomic mass is 127. The molecule has 0 aromatic heterocycles. The third-order valence-corrected chi connectivity index (χ3v) is 5.19. The third kappa shape index (κ3) is 8.65. The van der Waals surface area contributed by atoms with Crippen LogP contribution in [-0.2, 0) is 14.6 Å². The Morgan fingerprint density at radius 1 is 1.22 bits per heavy atom. The van der Waals surface area contributed by atoms with Gasteiger partial charge in [0.25, 0.3) is 0 Å². The summed E-state index contributed by atoms with van der Waals surface area (Å²) in [6, 6.07) is 8.59. The predicted octanol–water partition coefficient (Wildman–Crippen LogP) is 1.37. The summed E-state index contributed by atoms with van der Waals surface area (Å²) < 4.78 is 27.4. The fraction of sp³-hybridized carbons (Fsp3) is 0.611. The molecule has 1 aromatic carbocycles. The van der Waals surface area contributed by atoms with Crippen molar-refractivity contribution in [3.63, 3.8) is 0 Å². The molecule has 0 bridgehead atoms. The van der Waals surface area contributed by atoms with Gasteiger partial charge in [0.2, 0.25) is 0 Å². The minimum atomic E-state index is -2.96. The summed E-state index contributed by atoms with van der Waals surface area (Å²) in [6.07, 6.45) is 1.22. The van der Waals surface area contributed by atoms with Gasteiger partial charge in [-0.2, -0.15) is 0 Å². The second-order valence-corrected chi connectivity index (χ2v) is 8.79. The number of guanidine groups is 1. The van der Waals surface area contributed by atoms with Gasteiger partial charge in [0, 0.05) is 51.7 Å². The molecule has 0 amide bonds. The molecule has 1 heterocycles. The quantitative estimate of drug-likeness (QED) is 0.259. The molecule has 1 aliphatic rings. The first kappa shape index (κ1) is 24.0. The van der Waals surface area contributed by atoms with Gasteiger partial charge in [-0.25, -0.2) is 8.42 Å². The molecule has 0 spiro atoms. The number of piperazine rings is 1. The van der Waals surface area contributed by atoms with Gasteiger partial charge < -0.3 is 19.9 Å². The minimum absolute atomic E-state index is 0. The molecule has 27 heavy (non-hydrogen) atoms. The van der Waals surface area contributed by atoms with Crippen LogP contribution in [0.3, 0.4) is 0 Å². The summed E-state index contributed by atoms with van der Waals surface area (Å²) in [6.45, 7) is 7.12. The average Bonchev–Trinajstić information content (AvgIpc) is 2.60. The predicted molar refractivity (Wildman–Crippen MR) is 122 cm³/mol. The van der Waals surface area contributed by atoms with Gasteiger partial charge in [0.05, 0.1) is 19.0 Å². The number of sulfone groups is 1. The number of rotatable bonds is 7. The second kappa shape index (κ2) is 11.7. The van der Waals surface area contributed by atoms with Crippen LogP contribution < -0.4 is 10.2 Å². The smallest absolute Gasteiger partial charge is 0.193 e. The lowest BCUT2D eigenvalue weighted by atomic mass is 10.2. The van der Waals surface area contributed by atoms with Crippen LogP contribution in [0.15, 0.2) is 29.3 Å². The molecular formula is C18H31IN4O3S. The van der Waals surface area contributed by atoms with E-state index in [4.69, 9.17) is 4.74 Å². The van der Waals surface area contributed by atoms with Gasteiger partial charge in [0.15, 0.2) is 5.96 Å². The minimum Gasteiger partial charge on any atom is -0.379 e. The number of aliphatic imine (C=N–C) groups is 1. The maximum atomic E-state index is 11.0. The van der Waals surface area contributed by atoms with E-state index < -0.39 is 9.84 Å². The van der Waals surface area contributed by atoms with E-state index in [9.17, 15) is 8.42 Å². The lowest BCUT2D eigenvalue weighted by Gasteiger charge is -2.37. The van der Waals surface area contributed by atoms with Gasteiger partial charge in [-0.05, 0) is 24.6 Å². The zero-order chi connectivity index (χ0) is 19.0. The van der Waals surface area contributed by atoms with Crippen LogP contribution in [0.4, 0.5) is 5.69 Å². The average molecular weight is 510 g/mol. The van der Waals surface area contributed by atoms with Crippen LogP contribution in [0.1, 0.15) is 5.56 Å². The molecule has 1 N–H and O–H groups in total. The van der Waals surface area contributed by atoms with E-state index in [0.717, 1.165) is 32.1 Å². The highest BCUT2D eigenvalue weighted by Crippen LogP contribution is 2.17. The molecule has 1 saturated heterocycles. The lowest BCUT2D eigenvalue weighted by Crippen LogP contribution is -2.53. The highest BCUT2D eigenvalue weighted by Gasteiger charge is 2.19. The number of hydrogen-bond donors (Lipinski definition) is 1. The van der Waals surface area contributed by atoms with E-state index in [1.54, 1.807) is 7.05 Å². The summed E-state index contributed by atoms with van der Waals surface area (Å²) in [5, 5.41) is 3.28. The fourth-order valence-corrected chi connectivity index (χ4v) is 3.30. The van der Waals surface area contributed by atoms with Crippen molar-refractivity contribution in [3.8, 4) is 0 Å². The van der Waals surface area contributed by atoms with Crippen LogP contribution in [0.25, 0.3) is 0 Å². The van der Waals surface area contributed by atoms with Crippen molar-refractivity contribution in [2.75, 3.05) is 69.9 Å². The molecule has 9 heteroatoms. The van der Waals surface area contributed by atoms with Crippen LogP contribution in [0.2, 0.25) is 0 Å². The number of aryl methyl sites for hydroxylation is 1. The summed E-state index contributed by atoms with van der Waals surface area (Å²) in [4.78, 5) is 8.97. The zero-order valence-electron chi connectivity index (χ0n) is 16.3. The van der Waals surface area contributed by atoms with Crippen molar-refractivity contribution < 1.29 is 13.2 Å². The Bertz CT molecular complexity index is 704. The molecular weight excluding hydrogens is 479 g/mol. The highest BCUT2D eigenvalue weighted by molar-refractivity contribution is 14.0. The normalized spacial score (nSPS) is 15.4. The molecule has 0 saturated carbocycles. The first-order valence-electron chi connectivity index (χ1n) is 8.92. The van der Waals surface area contributed by atoms with Crippen LogP contribution in [0, 0.1) is 6.92 Å². The molecule has 1 fully saturated rings. The molecule has 1 aliphatic heterocycles. The van der Waals surface area contributed by atoms with Crippen molar-refractivity contribution >= 4 is 45.5 Å². The Kier molecular flexibility index (Phi) is 10.4. The van der Waals surface area contributed by atoms with E-state index in [2.05, 4.69) is 51.3 Å². The van der Waals surface area contributed by atoms with E-state index in [1.165, 1.54) is 17.5 Å². The first-order chi connectivity index (χ1) is 12.4. The maximum absolute atomic E-state index is 11.0. The number of nitrogens with one attached hydrogen (secondary N) is 1. The van der Waals surface area contributed by atoms with Crippen LogP contribution in [-0.4, -0.2) is 84.3 Å². The molecule has 154 valence electrons. The van der Waals surface area contributed by atoms with Crippen LogP contribution in [0.5, 0.6) is 0 Å². The second-order valence-electron chi connectivity index (χ2n) is 6.53. The van der Waals surface area contributed by atoms with E-state index in [-0.39, 0.29) is 36.3 Å². The van der Waals surface area contributed by atoms with Gasteiger partial charge >= 0.3 is 0 Å². The molecule has 0 atom stereocenters. The molecule has 0 radical (unpaired) electrons. The lowest BCUT2D eigenvalue weighted by molar-refractivity contribution is 0.153. The monoisotopic (exact) mass is 510 g/mol. The van der Waals surface area contributed by atoms with Gasteiger partial charge in [-0.15, -0.1) is 24.0 Å². The van der Waals surface area contributed by atoms with Crippen molar-refractivity contribution in [1.82, 2.24) is 10.2 Å². The number of anilines is 1. The summed E-state index contributed by atoms with van der Waals surface area (Å²) >= 11 is 0. The Labute approximate surface area is 180 Å². The number of nitrogens with zero attached hydrogens (tertiary/aromatic N) is 3. The van der Waals surface area contributed by atoms with E-state index >= 15 is 0 Å². The topological polar surface area (TPSA) is 74.2 Å². The number of ether oxygens (including phenoxy) is 1. The standard InChI is InChI=1S/C18H30N4O3S.HI/c1-16-5-4-6-17(15-16)21-8-10-22(11-9-21)18(19-2)20-7-12-25-13-14-26(3,23)24;/h4-6,15H,7-14H2,1-3H3,(H,19,20);1H. The Balaban J connectivity index is 0.00000364. The number of hydrogen-bond acceptors (Lipinski definition) is 5. The molecule has 0 aliphatic carbocycles. The molecule has 1 aromatic rings. The van der Waals surface area contributed by atoms with Gasteiger partial charge in [0.1, 0.15) is 9.84 Å². The molecule has 7 nitrogen and oxygen atoms in total. The van der Waals surface area contributed by atoms with Crippen molar-refractivity contribution in [2.45, 2.75) is 6.92 Å². The largest absolute Gasteiger partial charge is 0.379 e. The van der Waals surface area contributed by atoms with Crippen LogP contribution >= 0.6 is 24.0 Å². The SMILES string of the molecule is CN=C(NCCOCCS(C)(=O)=O)N1CCN(c2cccc(C)c2)CC1.I. The van der Waals surface area contributed by atoms with Crippen molar-refractivity contribution in [2.24, 2.45) is 4.99 Å². The summed E-state index contributed by atoms with van der Waals surface area (Å²) in [7, 11) is -1.18. The Hall–Kier alpha value is -1.07. The number of benzene rings is 1. The number of halogens is 1. The molecule has 0 unspecified atom stereocenters. The van der Waals surface area contributed by atoms with Gasteiger partial charge in [-0.3, -0.25) is 4.99 Å². The van der Waals surface area contributed by atoms with E-state index in [1.807, 2.05) is 0 Å². The van der Waals surface area contributed by atoms with Gasteiger partial charge in [-0.1, -0.05) is 12.1 Å². The zero-order valence-corrected chi connectivity index (χ0v) is 19.5. The van der Waals surface area contributed by atoms with Crippen molar-refractivity contribution in [1.29, 1.82) is 0 Å². The fourth-order valence-electron chi connectivity index (χ4n) is 2.88. The first-order valence-corrected chi connectivity index (χ1v) is 11.0. The third-order valence-electron chi connectivity index (χ3n) is 4.29. The summed E-state index contributed by atoms with van der Waals surface area (Å²) in [5.74, 6) is 0.920.